The van der Waals surface area contributed by atoms with Crippen LogP contribution in [0.4, 0.5) is 5.69 Å². The van der Waals surface area contributed by atoms with Crippen LogP contribution in [0.15, 0.2) is 15.5 Å². The molecule has 1 atom stereocenters. The van der Waals surface area contributed by atoms with E-state index in [9.17, 15) is 9.59 Å². The minimum Gasteiger partial charge on any atom is -0.372 e. The zero-order valence-corrected chi connectivity index (χ0v) is 14.5. The van der Waals surface area contributed by atoms with E-state index < -0.39 is 6.04 Å². The zero-order valence-electron chi connectivity index (χ0n) is 12.9. The Balaban J connectivity index is 2.77. The number of aromatic nitrogens is 2. The first-order valence-corrected chi connectivity index (χ1v) is 7.96. The molecule has 1 rings (SSSR count). The molecule has 1 aromatic rings. The lowest BCUT2D eigenvalue weighted by molar-refractivity contribution is -0.121. The molecule has 0 aromatic carbocycles. The molecule has 21 heavy (non-hydrogen) atoms. The van der Waals surface area contributed by atoms with Gasteiger partial charge in [0, 0.05) is 13.1 Å². The maximum Gasteiger partial charge on any atom is 0.283 e. The number of aryl methyl sites for hydroxylation is 1. The van der Waals surface area contributed by atoms with Crippen molar-refractivity contribution < 1.29 is 4.79 Å². The van der Waals surface area contributed by atoms with E-state index in [1.165, 1.54) is 4.68 Å². The lowest BCUT2D eigenvalue weighted by Gasteiger charge is -2.17. The first-order chi connectivity index (χ1) is 9.86. The third kappa shape index (κ3) is 5.15. The molecular formula is C14H23BrN4O2. The number of halogens is 1. The fourth-order valence-corrected chi connectivity index (χ4v) is 2.11. The molecule has 2 N–H and O–H groups in total. The SMILES string of the molecule is CCCn1ncc(NC(C)C(=O)NCC(C)C)c(Br)c1=O. The lowest BCUT2D eigenvalue weighted by Crippen LogP contribution is -2.39. The van der Waals surface area contributed by atoms with E-state index in [1.54, 1.807) is 13.1 Å². The molecule has 0 aliphatic carbocycles. The molecule has 1 amide bonds. The second-order valence-corrected chi connectivity index (χ2v) is 6.20. The van der Waals surface area contributed by atoms with E-state index >= 15 is 0 Å². The third-order valence-electron chi connectivity index (χ3n) is 2.87. The maximum absolute atomic E-state index is 12.1. The van der Waals surface area contributed by atoms with Gasteiger partial charge >= 0.3 is 0 Å². The van der Waals surface area contributed by atoms with Crippen molar-refractivity contribution in [2.24, 2.45) is 5.92 Å². The summed E-state index contributed by atoms with van der Waals surface area (Å²) in [5.74, 6) is 0.292. The molecule has 1 unspecified atom stereocenters. The van der Waals surface area contributed by atoms with Crippen LogP contribution in [0.3, 0.4) is 0 Å². The Morgan fingerprint density at radius 2 is 2.10 bits per heavy atom. The topological polar surface area (TPSA) is 76.0 Å². The van der Waals surface area contributed by atoms with Crippen molar-refractivity contribution in [3.05, 3.63) is 21.0 Å². The largest absolute Gasteiger partial charge is 0.372 e. The van der Waals surface area contributed by atoms with Crippen molar-refractivity contribution in [1.29, 1.82) is 0 Å². The van der Waals surface area contributed by atoms with Crippen LogP contribution in [0, 0.1) is 5.92 Å². The van der Waals surface area contributed by atoms with Crippen molar-refractivity contribution in [3.63, 3.8) is 0 Å². The summed E-state index contributed by atoms with van der Waals surface area (Å²) < 4.78 is 1.80. The summed E-state index contributed by atoms with van der Waals surface area (Å²) in [6.45, 7) is 9.00. The van der Waals surface area contributed by atoms with Gasteiger partial charge in [-0.3, -0.25) is 9.59 Å². The van der Waals surface area contributed by atoms with Crippen molar-refractivity contribution in [2.45, 2.75) is 46.7 Å². The lowest BCUT2D eigenvalue weighted by atomic mass is 10.2. The molecule has 1 heterocycles. The Morgan fingerprint density at radius 1 is 1.43 bits per heavy atom. The Hall–Kier alpha value is -1.37. The summed E-state index contributed by atoms with van der Waals surface area (Å²) in [5.41, 5.74) is 0.330. The van der Waals surface area contributed by atoms with Crippen LogP contribution in [0.2, 0.25) is 0 Å². The highest BCUT2D eigenvalue weighted by Gasteiger charge is 2.16. The van der Waals surface area contributed by atoms with Gasteiger partial charge in [-0.2, -0.15) is 5.10 Å². The van der Waals surface area contributed by atoms with Crippen molar-refractivity contribution >= 4 is 27.5 Å². The van der Waals surface area contributed by atoms with Gasteiger partial charge in [0.15, 0.2) is 0 Å². The Labute approximate surface area is 133 Å². The average Bonchev–Trinajstić information content (AvgIpc) is 2.44. The highest BCUT2D eigenvalue weighted by molar-refractivity contribution is 9.10. The van der Waals surface area contributed by atoms with Gasteiger partial charge < -0.3 is 10.6 Å². The van der Waals surface area contributed by atoms with Crippen molar-refractivity contribution in [3.8, 4) is 0 Å². The monoisotopic (exact) mass is 358 g/mol. The fraction of sp³-hybridized carbons (Fsp3) is 0.643. The summed E-state index contributed by atoms with van der Waals surface area (Å²) in [6, 6.07) is -0.441. The normalized spacial score (nSPS) is 12.3. The number of nitrogens with zero attached hydrogens (tertiary/aromatic N) is 2. The van der Waals surface area contributed by atoms with Crippen LogP contribution in [0.5, 0.6) is 0 Å². The maximum atomic E-state index is 12.1. The first-order valence-electron chi connectivity index (χ1n) is 7.16. The standard InChI is InChI=1S/C14H23BrN4O2/c1-5-6-19-14(21)12(15)11(8-17-19)18-10(4)13(20)16-7-9(2)3/h8-10,18H,5-7H2,1-4H3,(H,16,20). The second-order valence-electron chi connectivity index (χ2n) is 5.41. The number of carbonyl (C=O) groups is 1. The Bertz CT molecular complexity index is 542. The van der Waals surface area contributed by atoms with Gasteiger partial charge in [0.25, 0.3) is 5.56 Å². The van der Waals surface area contributed by atoms with Crippen LogP contribution in [-0.4, -0.2) is 28.3 Å². The van der Waals surface area contributed by atoms with Crippen molar-refractivity contribution in [2.75, 3.05) is 11.9 Å². The van der Waals surface area contributed by atoms with Gasteiger partial charge in [0.2, 0.25) is 5.91 Å². The van der Waals surface area contributed by atoms with Crippen LogP contribution in [0.1, 0.15) is 34.1 Å². The molecule has 118 valence electrons. The van der Waals surface area contributed by atoms with Gasteiger partial charge in [-0.1, -0.05) is 20.8 Å². The quantitative estimate of drug-likeness (QED) is 0.781. The van der Waals surface area contributed by atoms with Gasteiger partial charge in [-0.05, 0) is 35.2 Å². The van der Waals surface area contributed by atoms with E-state index in [1.807, 2.05) is 20.8 Å². The van der Waals surface area contributed by atoms with Crippen LogP contribution in [0.25, 0.3) is 0 Å². The van der Waals surface area contributed by atoms with E-state index in [2.05, 4.69) is 31.7 Å². The summed E-state index contributed by atoms with van der Waals surface area (Å²) in [4.78, 5) is 24.0. The fourth-order valence-electron chi connectivity index (χ4n) is 1.69. The van der Waals surface area contributed by atoms with Gasteiger partial charge in [-0.15, -0.1) is 0 Å². The summed E-state index contributed by atoms with van der Waals surface area (Å²) in [7, 11) is 0. The number of carbonyl (C=O) groups excluding carboxylic acids is 1. The number of amides is 1. The second kappa shape index (κ2) is 8.17. The molecule has 0 radical (unpaired) electrons. The van der Waals surface area contributed by atoms with Gasteiger partial charge in [-0.25, -0.2) is 4.68 Å². The molecule has 0 bridgehead atoms. The Morgan fingerprint density at radius 3 is 2.67 bits per heavy atom. The Kier molecular flexibility index (Phi) is 6.87. The molecule has 0 fully saturated rings. The molecule has 6 nitrogen and oxygen atoms in total. The number of nitrogens with one attached hydrogen (secondary N) is 2. The first kappa shape index (κ1) is 17.7. The predicted octanol–water partition coefficient (Wildman–Crippen LogP) is 1.99. The van der Waals surface area contributed by atoms with Crippen LogP contribution in [-0.2, 0) is 11.3 Å². The highest BCUT2D eigenvalue weighted by atomic mass is 79.9. The minimum atomic E-state index is -0.441. The summed E-state index contributed by atoms with van der Waals surface area (Å²) in [5, 5.41) is 9.95. The molecule has 7 heteroatoms. The number of rotatable bonds is 7. The molecule has 0 saturated carbocycles. The zero-order chi connectivity index (χ0) is 16.0. The molecule has 0 aliphatic rings. The van der Waals surface area contributed by atoms with Gasteiger partial charge in [0.1, 0.15) is 10.5 Å². The number of hydrogen-bond acceptors (Lipinski definition) is 4. The number of anilines is 1. The predicted molar refractivity (Wildman–Crippen MR) is 87.4 cm³/mol. The van der Waals surface area contributed by atoms with Gasteiger partial charge in [0.05, 0.1) is 11.9 Å². The smallest absolute Gasteiger partial charge is 0.283 e. The van der Waals surface area contributed by atoms with Crippen LogP contribution >= 0.6 is 15.9 Å². The van der Waals surface area contributed by atoms with E-state index in [0.29, 0.717) is 29.2 Å². The van der Waals surface area contributed by atoms with Crippen LogP contribution < -0.4 is 16.2 Å². The highest BCUT2D eigenvalue weighted by Crippen LogP contribution is 2.17. The summed E-state index contributed by atoms with van der Waals surface area (Å²) in [6.07, 6.45) is 2.40. The summed E-state index contributed by atoms with van der Waals surface area (Å²) >= 11 is 3.27. The average molecular weight is 359 g/mol. The molecule has 1 aromatic heterocycles. The van der Waals surface area contributed by atoms with E-state index in [0.717, 1.165) is 6.42 Å². The molecule has 0 aliphatic heterocycles. The number of hydrogen-bond donors (Lipinski definition) is 2. The third-order valence-corrected chi connectivity index (χ3v) is 3.64. The minimum absolute atomic E-state index is 0.103. The molecule has 0 saturated heterocycles. The van der Waals surface area contributed by atoms with E-state index in [4.69, 9.17) is 0 Å². The molecule has 0 spiro atoms. The van der Waals surface area contributed by atoms with Crippen molar-refractivity contribution in [1.82, 2.24) is 15.1 Å². The molecular weight excluding hydrogens is 336 g/mol. The van der Waals surface area contributed by atoms with E-state index in [-0.39, 0.29) is 11.5 Å².